The summed E-state index contributed by atoms with van der Waals surface area (Å²) in [5.74, 6) is 0. The van der Waals surface area contributed by atoms with Crippen molar-refractivity contribution < 1.29 is 0 Å². The van der Waals surface area contributed by atoms with Crippen LogP contribution in [0.25, 0.3) is 10.9 Å². The Morgan fingerprint density at radius 1 is 1.00 bits per heavy atom. The van der Waals surface area contributed by atoms with Crippen molar-refractivity contribution in [1.29, 1.82) is 0 Å². The van der Waals surface area contributed by atoms with E-state index in [0.29, 0.717) is 0 Å². The average molecular weight is 249 g/mol. The van der Waals surface area contributed by atoms with Crippen molar-refractivity contribution in [2.45, 2.75) is 13.0 Å². The number of hydrogen-bond donors (Lipinski definition) is 1. The zero-order chi connectivity index (χ0) is 13.1. The van der Waals surface area contributed by atoms with Crippen LogP contribution >= 0.6 is 0 Å². The number of pyridine rings is 2. The Morgan fingerprint density at radius 2 is 1.84 bits per heavy atom. The van der Waals surface area contributed by atoms with Gasteiger partial charge in [-0.25, -0.2) is 0 Å². The maximum Gasteiger partial charge on any atom is 0.0703 e. The molecule has 0 aliphatic carbocycles. The third-order valence-electron chi connectivity index (χ3n) is 3.11. The summed E-state index contributed by atoms with van der Waals surface area (Å²) in [6.45, 7) is 2.09. The summed E-state index contributed by atoms with van der Waals surface area (Å²) in [5, 5.41) is 4.56. The molecular formula is C16H15N3. The predicted molar refractivity (Wildman–Crippen MR) is 78.0 cm³/mol. The number of nitrogens with one attached hydrogen (secondary N) is 1. The molecule has 2 aromatic heterocycles. The zero-order valence-corrected chi connectivity index (χ0v) is 10.7. The van der Waals surface area contributed by atoms with E-state index in [9.17, 15) is 0 Å². The molecule has 0 saturated carbocycles. The second-order valence-electron chi connectivity index (χ2n) is 4.54. The SMILES string of the molecule is CC(Nc1cnc2ccccc2c1)c1ccccn1. The van der Waals surface area contributed by atoms with Gasteiger partial charge in [0.1, 0.15) is 0 Å². The Morgan fingerprint density at radius 3 is 2.68 bits per heavy atom. The van der Waals surface area contributed by atoms with E-state index in [-0.39, 0.29) is 6.04 Å². The summed E-state index contributed by atoms with van der Waals surface area (Å²) >= 11 is 0. The first-order chi connectivity index (χ1) is 9.33. The largest absolute Gasteiger partial charge is 0.376 e. The molecule has 19 heavy (non-hydrogen) atoms. The van der Waals surface area contributed by atoms with E-state index in [2.05, 4.69) is 34.3 Å². The number of aromatic nitrogens is 2. The number of hydrogen-bond acceptors (Lipinski definition) is 3. The van der Waals surface area contributed by atoms with Crippen molar-refractivity contribution in [2.75, 3.05) is 5.32 Å². The van der Waals surface area contributed by atoms with Gasteiger partial charge < -0.3 is 5.32 Å². The van der Waals surface area contributed by atoms with Crippen LogP contribution in [0.2, 0.25) is 0 Å². The van der Waals surface area contributed by atoms with Crippen LogP contribution < -0.4 is 5.32 Å². The summed E-state index contributed by atoms with van der Waals surface area (Å²) in [6, 6.07) is 16.3. The minimum Gasteiger partial charge on any atom is -0.376 e. The van der Waals surface area contributed by atoms with Gasteiger partial charge in [-0.15, -0.1) is 0 Å². The van der Waals surface area contributed by atoms with E-state index in [0.717, 1.165) is 22.3 Å². The predicted octanol–water partition coefficient (Wildman–Crippen LogP) is 3.80. The number of benzene rings is 1. The van der Waals surface area contributed by atoms with Crippen molar-refractivity contribution in [1.82, 2.24) is 9.97 Å². The minimum absolute atomic E-state index is 0.157. The monoisotopic (exact) mass is 249 g/mol. The standard InChI is InChI=1S/C16H15N3/c1-12(15-7-4-5-9-17-15)19-14-10-13-6-2-3-8-16(13)18-11-14/h2-12,19H,1H3. The van der Waals surface area contributed by atoms with Crippen LogP contribution in [-0.2, 0) is 0 Å². The second-order valence-corrected chi connectivity index (χ2v) is 4.54. The number of para-hydroxylation sites is 1. The van der Waals surface area contributed by atoms with Gasteiger partial charge in [0.05, 0.1) is 29.1 Å². The molecule has 0 saturated heterocycles. The summed E-state index contributed by atoms with van der Waals surface area (Å²) in [4.78, 5) is 8.80. The zero-order valence-electron chi connectivity index (χ0n) is 10.7. The van der Waals surface area contributed by atoms with Gasteiger partial charge in [0.15, 0.2) is 0 Å². The van der Waals surface area contributed by atoms with Crippen LogP contribution in [0.1, 0.15) is 18.7 Å². The van der Waals surface area contributed by atoms with E-state index in [1.165, 1.54) is 0 Å². The highest BCUT2D eigenvalue weighted by Gasteiger charge is 2.06. The lowest BCUT2D eigenvalue weighted by atomic mass is 10.2. The molecule has 1 unspecified atom stereocenters. The molecule has 1 atom stereocenters. The molecule has 1 aromatic carbocycles. The van der Waals surface area contributed by atoms with Crippen molar-refractivity contribution >= 4 is 16.6 Å². The molecule has 3 heteroatoms. The van der Waals surface area contributed by atoms with Gasteiger partial charge in [-0.1, -0.05) is 24.3 Å². The number of rotatable bonds is 3. The lowest BCUT2D eigenvalue weighted by molar-refractivity contribution is 0.839. The van der Waals surface area contributed by atoms with Gasteiger partial charge in [0.25, 0.3) is 0 Å². The number of nitrogens with zero attached hydrogens (tertiary/aromatic N) is 2. The summed E-state index contributed by atoms with van der Waals surface area (Å²) in [5.41, 5.74) is 3.05. The van der Waals surface area contributed by atoms with E-state index in [1.807, 2.05) is 48.8 Å². The molecule has 0 amide bonds. The van der Waals surface area contributed by atoms with Crippen LogP contribution in [0, 0.1) is 0 Å². The molecule has 0 spiro atoms. The first kappa shape index (κ1) is 11.7. The molecule has 0 bridgehead atoms. The normalized spacial score (nSPS) is 12.3. The Bertz CT molecular complexity index is 680. The minimum atomic E-state index is 0.157. The third-order valence-corrected chi connectivity index (χ3v) is 3.11. The summed E-state index contributed by atoms with van der Waals surface area (Å²) in [6.07, 6.45) is 3.67. The van der Waals surface area contributed by atoms with Crippen molar-refractivity contribution in [3.63, 3.8) is 0 Å². The van der Waals surface area contributed by atoms with Gasteiger partial charge in [-0.3, -0.25) is 9.97 Å². The molecule has 1 N–H and O–H groups in total. The first-order valence-corrected chi connectivity index (χ1v) is 6.35. The molecule has 0 aliphatic heterocycles. The quantitative estimate of drug-likeness (QED) is 0.767. The van der Waals surface area contributed by atoms with Crippen molar-refractivity contribution in [3.05, 3.63) is 66.6 Å². The Balaban J connectivity index is 1.85. The van der Waals surface area contributed by atoms with Gasteiger partial charge in [-0.05, 0) is 31.2 Å². The van der Waals surface area contributed by atoms with Gasteiger partial charge in [0, 0.05) is 11.6 Å². The fraction of sp³-hybridized carbons (Fsp3) is 0.125. The van der Waals surface area contributed by atoms with Crippen LogP contribution in [0.4, 0.5) is 5.69 Å². The summed E-state index contributed by atoms with van der Waals surface area (Å²) < 4.78 is 0. The lowest BCUT2D eigenvalue weighted by Crippen LogP contribution is -2.08. The maximum absolute atomic E-state index is 4.44. The van der Waals surface area contributed by atoms with Gasteiger partial charge in [-0.2, -0.15) is 0 Å². The van der Waals surface area contributed by atoms with Crippen LogP contribution in [0.15, 0.2) is 60.9 Å². The molecule has 0 radical (unpaired) electrons. The van der Waals surface area contributed by atoms with Crippen molar-refractivity contribution in [2.24, 2.45) is 0 Å². The Kier molecular flexibility index (Phi) is 3.11. The summed E-state index contributed by atoms with van der Waals surface area (Å²) in [7, 11) is 0. The first-order valence-electron chi connectivity index (χ1n) is 6.35. The van der Waals surface area contributed by atoms with Gasteiger partial charge >= 0.3 is 0 Å². The topological polar surface area (TPSA) is 37.8 Å². The molecule has 3 rings (SSSR count). The molecule has 0 aliphatic rings. The molecule has 3 nitrogen and oxygen atoms in total. The molecule has 94 valence electrons. The average Bonchev–Trinajstić information content (AvgIpc) is 2.48. The fourth-order valence-electron chi connectivity index (χ4n) is 2.11. The van der Waals surface area contributed by atoms with E-state index in [4.69, 9.17) is 0 Å². The smallest absolute Gasteiger partial charge is 0.0703 e. The highest BCUT2D eigenvalue weighted by atomic mass is 14.9. The molecular weight excluding hydrogens is 234 g/mol. The Hall–Kier alpha value is -2.42. The van der Waals surface area contributed by atoms with E-state index < -0.39 is 0 Å². The highest BCUT2D eigenvalue weighted by Crippen LogP contribution is 2.20. The van der Waals surface area contributed by atoms with Crippen LogP contribution in [0.3, 0.4) is 0 Å². The molecule has 3 aromatic rings. The fourth-order valence-corrected chi connectivity index (χ4v) is 2.11. The lowest BCUT2D eigenvalue weighted by Gasteiger charge is -2.14. The molecule has 0 fully saturated rings. The number of fused-ring (bicyclic) bond motifs is 1. The van der Waals surface area contributed by atoms with Crippen molar-refractivity contribution in [3.8, 4) is 0 Å². The Labute approximate surface area is 112 Å². The van der Waals surface area contributed by atoms with E-state index in [1.54, 1.807) is 0 Å². The van der Waals surface area contributed by atoms with E-state index >= 15 is 0 Å². The number of anilines is 1. The van der Waals surface area contributed by atoms with Gasteiger partial charge in [0.2, 0.25) is 0 Å². The van der Waals surface area contributed by atoms with Crippen LogP contribution in [-0.4, -0.2) is 9.97 Å². The highest BCUT2D eigenvalue weighted by molar-refractivity contribution is 5.81. The van der Waals surface area contributed by atoms with Crippen LogP contribution in [0.5, 0.6) is 0 Å². The molecule has 2 heterocycles. The third kappa shape index (κ3) is 2.55. The maximum atomic E-state index is 4.44. The second kappa shape index (κ2) is 5.06.